The van der Waals surface area contributed by atoms with E-state index >= 15 is 0 Å². The van der Waals surface area contributed by atoms with E-state index in [1.807, 2.05) is 0 Å². The molecule has 14 heavy (non-hydrogen) atoms. The Labute approximate surface area is 82.4 Å². The van der Waals surface area contributed by atoms with Crippen LogP contribution in [0, 0.1) is 0 Å². The zero-order chi connectivity index (χ0) is 11.4. The molecule has 0 heterocycles. The largest absolute Gasteiger partial charge is 0.463 e. The van der Waals surface area contributed by atoms with Gasteiger partial charge in [-0.3, -0.25) is 9.59 Å². The summed E-state index contributed by atoms with van der Waals surface area (Å²) < 4.78 is 9.28. The van der Waals surface area contributed by atoms with E-state index in [1.165, 1.54) is 13.8 Å². The lowest BCUT2D eigenvalue weighted by molar-refractivity contribution is -0.181. The van der Waals surface area contributed by atoms with Gasteiger partial charge in [-0.05, 0) is 20.8 Å². The number of ketones is 1. The Hall–Kier alpha value is -1.39. The van der Waals surface area contributed by atoms with Gasteiger partial charge in [-0.15, -0.1) is 0 Å². The highest BCUT2D eigenvalue weighted by atomic mass is 16.6. The van der Waals surface area contributed by atoms with Crippen LogP contribution in [0.3, 0.4) is 0 Å². The number of hydrogen-bond donors (Lipinski definition) is 0. The van der Waals surface area contributed by atoms with E-state index in [0.717, 1.165) is 6.92 Å². The third-order valence-corrected chi connectivity index (χ3v) is 1.68. The summed E-state index contributed by atoms with van der Waals surface area (Å²) in [6, 6.07) is 0. The third-order valence-electron chi connectivity index (χ3n) is 1.68. The van der Waals surface area contributed by atoms with Crippen LogP contribution in [0.1, 0.15) is 27.7 Å². The van der Waals surface area contributed by atoms with Gasteiger partial charge in [0, 0.05) is 6.92 Å². The molecule has 0 aromatic heterocycles. The molecule has 80 valence electrons. The fourth-order valence-electron chi connectivity index (χ4n) is 0.814. The van der Waals surface area contributed by atoms with Gasteiger partial charge in [0.1, 0.15) is 0 Å². The molecular weight excluding hydrogens is 188 g/mol. The van der Waals surface area contributed by atoms with Gasteiger partial charge in [-0.25, -0.2) is 4.79 Å². The van der Waals surface area contributed by atoms with E-state index in [9.17, 15) is 14.4 Å². The van der Waals surface area contributed by atoms with Gasteiger partial charge < -0.3 is 9.47 Å². The van der Waals surface area contributed by atoms with Gasteiger partial charge in [-0.2, -0.15) is 0 Å². The molecule has 5 heteroatoms. The van der Waals surface area contributed by atoms with Crippen LogP contribution in [-0.2, 0) is 23.9 Å². The van der Waals surface area contributed by atoms with Crippen molar-refractivity contribution in [3.63, 3.8) is 0 Å². The lowest BCUT2D eigenvalue weighted by Crippen LogP contribution is -2.47. The number of carbonyl (C=O) groups excluding carboxylic acids is 3. The molecule has 0 aromatic carbocycles. The van der Waals surface area contributed by atoms with Crippen molar-refractivity contribution >= 4 is 17.7 Å². The zero-order valence-corrected chi connectivity index (χ0v) is 8.75. The van der Waals surface area contributed by atoms with Gasteiger partial charge in [0.25, 0.3) is 5.60 Å². The van der Waals surface area contributed by atoms with Crippen molar-refractivity contribution in [2.75, 3.05) is 6.61 Å². The van der Waals surface area contributed by atoms with E-state index in [-0.39, 0.29) is 6.61 Å². The fraction of sp³-hybridized carbons (Fsp3) is 0.667. The molecule has 0 fully saturated rings. The molecule has 0 radical (unpaired) electrons. The maximum Gasteiger partial charge on any atom is 0.358 e. The highest BCUT2D eigenvalue weighted by molar-refractivity contribution is 6.07. The summed E-state index contributed by atoms with van der Waals surface area (Å²) >= 11 is 0. The van der Waals surface area contributed by atoms with Gasteiger partial charge >= 0.3 is 11.9 Å². The molecule has 0 aromatic rings. The van der Waals surface area contributed by atoms with Gasteiger partial charge in [0.15, 0.2) is 5.78 Å². The molecule has 0 spiro atoms. The van der Waals surface area contributed by atoms with Crippen LogP contribution in [0.25, 0.3) is 0 Å². The Kier molecular flexibility index (Phi) is 4.27. The van der Waals surface area contributed by atoms with Gasteiger partial charge in [-0.1, -0.05) is 0 Å². The van der Waals surface area contributed by atoms with Crippen molar-refractivity contribution in [1.82, 2.24) is 0 Å². The number of rotatable bonds is 4. The summed E-state index contributed by atoms with van der Waals surface area (Å²) in [4.78, 5) is 33.2. The predicted octanol–water partition coefficient (Wildman–Crippen LogP) is 0.460. The Bertz CT molecular complexity index is 258. The summed E-state index contributed by atoms with van der Waals surface area (Å²) in [5.74, 6) is -2.11. The van der Waals surface area contributed by atoms with E-state index in [0.29, 0.717) is 0 Å². The van der Waals surface area contributed by atoms with Crippen LogP contribution in [0.5, 0.6) is 0 Å². The van der Waals surface area contributed by atoms with Crippen molar-refractivity contribution in [3.8, 4) is 0 Å². The zero-order valence-electron chi connectivity index (χ0n) is 8.75. The number of carbonyl (C=O) groups is 3. The topological polar surface area (TPSA) is 69.7 Å². The van der Waals surface area contributed by atoms with E-state index in [2.05, 4.69) is 9.47 Å². The highest BCUT2D eigenvalue weighted by Crippen LogP contribution is 2.14. The first-order valence-corrected chi connectivity index (χ1v) is 4.22. The van der Waals surface area contributed by atoms with Crippen LogP contribution >= 0.6 is 0 Å². The van der Waals surface area contributed by atoms with Crippen LogP contribution in [0.2, 0.25) is 0 Å². The second-order valence-electron chi connectivity index (χ2n) is 2.90. The highest BCUT2D eigenvalue weighted by Gasteiger charge is 2.43. The van der Waals surface area contributed by atoms with Crippen molar-refractivity contribution in [2.24, 2.45) is 0 Å². The molecule has 0 aliphatic carbocycles. The summed E-state index contributed by atoms with van der Waals surface area (Å²) in [6.45, 7) is 5.24. The molecule has 0 aliphatic heterocycles. The van der Waals surface area contributed by atoms with Gasteiger partial charge in [0.2, 0.25) is 0 Å². The average molecular weight is 202 g/mol. The number of hydrogen-bond acceptors (Lipinski definition) is 5. The van der Waals surface area contributed by atoms with Gasteiger partial charge in [0.05, 0.1) is 6.61 Å². The Morgan fingerprint density at radius 1 is 1.21 bits per heavy atom. The van der Waals surface area contributed by atoms with Crippen molar-refractivity contribution in [1.29, 1.82) is 0 Å². The second kappa shape index (κ2) is 4.74. The maximum absolute atomic E-state index is 11.3. The molecule has 0 N–H and O–H groups in total. The summed E-state index contributed by atoms with van der Waals surface area (Å²) in [6.07, 6.45) is 0. The second-order valence-corrected chi connectivity index (χ2v) is 2.90. The predicted molar refractivity (Wildman–Crippen MR) is 47.5 cm³/mol. The summed E-state index contributed by atoms with van der Waals surface area (Å²) in [5.41, 5.74) is -1.82. The lowest BCUT2D eigenvalue weighted by atomic mass is 10.0. The SMILES string of the molecule is CCOC(=O)[C@](C)(OC(C)=O)C(C)=O. The smallest absolute Gasteiger partial charge is 0.358 e. The first-order chi connectivity index (χ1) is 6.34. The minimum Gasteiger partial charge on any atom is -0.463 e. The van der Waals surface area contributed by atoms with E-state index < -0.39 is 23.3 Å². The number of Topliss-reactive ketones (excluding diaryl/α,β-unsaturated/α-hetero) is 1. The molecule has 0 amide bonds. The Balaban J connectivity index is 4.80. The monoisotopic (exact) mass is 202 g/mol. The van der Waals surface area contributed by atoms with Crippen molar-refractivity contribution in [2.45, 2.75) is 33.3 Å². The molecule has 0 saturated carbocycles. The number of ether oxygens (including phenoxy) is 2. The quantitative estimate of drug-likeness (QED) is 0.489. The van der Waals surface area contributed by atoms with Crippen LogP contribution in [0.15, 0.2) is 0 Å². The van der Waals surface area contributed by atoms with Crippen LogP contribution in [0.4, 0.5) is 0 Å². The van der Waals surface area contributed by atoms with E-state index in [4.69, 9.17) is 0 Å². The summed E-state index contributed by atoms with van der Waals surface area (Å²) in [7, 11) is 0. The normalized spacial score (nSPS) is 14.0. The first-order valence-electron chi connectivity index (χ1n) is 4.22. The van der Waals surface area contributed by atoms with Crippen LogP contribution < -0.4 is 0 Å². The lowest BCUT2D eigenvalue weighted by Gasteiger charge is -2.23. The van der Waals surface area contributed by atoms with Crippen molar-refractivity contribution < 1.29 is 23.9 Å². The Morgan fingerprint density at radius 3 is 2.00 bits per heavy atom. The molecule has 0 saturated heterocycles. The first kappa shape index (κ1) is 12.6. The van der Waals surface area contributed by atoms with E-state index in [1.54, 1.807) is 6.92 Å². The molecular formula is C9H14O5. The van der Waals surface area contributed by atoms with Crippen molar-refractivity contribution in [3.05, 3.63) is 0 Å². The summed E-state index contributed by atoms with van der Waals surface area (Å²) in [5, 5.41) is 0. The number of esters is 2. The van der Waals surface area contributed by atoms with Crippen LogP contribution in [-0.4, -0.2) is 29.9 Å². The fourth-order valence-corrected chi connectivity index (χ4v) is 0.814. The molecule has 1 atom stereocenters. The molecule has 0 aliphatic rings. The standard InChI is InChI=1S/C9H14O5/c1-5-13-8(12)9(4,6(2)10)14-7(3)11/h5H2,1-4H3/t9-/m1/s1. The Morgan fingerprint density at radius 2 is 1.71 bits per heavy atom. The molecule has 5 nitrogen and oxygen atoms in total. The molecule has 0 unspecified atom stereocenters. The molecule has 0 bridgehead atoms. The minimum atomic E-state index is -1.82. The third kappa shape index (κ3) is 2.83. The average Bonchev–Trinajstić information content (AvgIpc) is 2.02. The molecule has 0 rings (SSSR count). The maximum atomic E-state index is 11.3. The minimum absolute atomic E-state index is 0.128.